The van der Waals surface area contributed by atoms with E-state index in [4.69, 9.17) is 37.9 Å². The molecule has 0 aromatic heterocycles. The lowest BCUT2D eigenvalue weighted by atomic mass is 9.76. The van der Waals surface area contributed by atoms with Crippen LogP contribution in [0.15, 0.2) is 48.5 Å². The van der Waals surface area contributed by atoms with E-state index >= 15 is 38.4 Å². The van der Waals surface area contributed by atoms with Gasteiger partial charge in [0.05, 0.1) is 43.3 Å². The van der Waals surface area contributed by atoms with Crippen molar-refractivity contribution in [3.63, 3.8) is 0 Å². The Bertz CT molecular complexity index is 3380. The molecule has 0 heterocycles. The Labute approximate surface area is 750 Å². The topological polar surface area (TPSA) is 210 Å². The average Bonchev–Trinajstić information content (AvgIpc) is 0.742. The number of carbonyl (C=O) groups excluding carboxylic acids is 8. The fraction of sp³-hybridized carbons (Fsp3) is 0.704. The average molecular weight is 1720 g/mol. The minimum absolute atomic E-state index is 0.0848. The van der Waals surface area contributed by atoms with Crippen LogP contribution in [0, 0.1) is 43.3 Å². The summed E-state index contributed by atoms with van der Waals surface area (Å²) in [6.07, 6.45) is 32.4. The van der Waals surface area contributed by atoms with Crippen LogP contribution in [0.2, 0.25) is 0 Å². The monoisotopic (exact) mass is 1720 g/mol. The number of rotatable bonds is 44. The molecule has 0 aliphatic heterocycles. The van der Waals surface area contributed by atoms with Gasteiger partial charge in [-0.05, 0) is 216 Å². The third-order valence-corrected chi connectivity index (χ3v) is 23.5. The standard InChI is InChI=1S/C108H168O16/c1-29-33-37-41-45-49-53-57-61-73-77-65-79(87(119-95(111)103(11,12)13)69-85(77)117-93(109)101(5,6)7)74(62-58-54-50-46-42-38-34-30-2)81-67-83(91(123-99(115)107(23,24)25)71-89(81)121-97(113)105(17,18)19)76(64-60-56-52-48-44-40-36-32-4)84-68-82(90(122-98(114)106(20,21)22)72-92(84)124-100(116)108(26,27)28)75(63-59-55-51-47-43-39-35-31-3)80-66-78(73)86(118-94(110)102(8,9)10)70-88(80)120-96(112)104(14,15)16/h65-76H,29-64H2,1-28H3. The normalized spacial score (nSPS) is 15.4. The van der Waals surface area contributed by atoms with Crippen molar-refractivity contribution >= 4 is 47.8 Å². The highest BCUT2D eigenvalue weighted by atomic mass is 16.6. The second kappa shape index (κ2) is 48.7. The fourth-order valence-electron chi connectivity index (χ4n) is 15.1. The highest BCUT2D eigenvalue weighted by molar-refractivity contribution is 5.85. The fourth-order valence-corrected chi connectivity index (χ4v) is 15.1. The SMILES string of the molecule is CCCCCCCCCCC1c2cc(c(OC(=O)C(C)(C)C)cc2OC(=O)C(C)(C)C)C(CCCCCCCCCC)c2cc(c(OC(=O)C(C)(C)C)cc2OC(=O)C(C)(C)C)C(CCCCCCCCCC)c2cc(c(OC(=O)C(C)(C)C)cc2OC(=O)C(C)(C)C)C(CCCCCCCCCC)c2cc1c(OC(=O)C(C)(C)C)cc2OC(=O)C(C)(C)C. The van der Waals surface area contributed by atoms with Crippen LogP contribution in [0.3, 0.4) is 0 Å². The van der Waals surface area contributed by atoms with Gasteiger partial charge in [0.1, 0.15) is 46.0 Å². The Morgan fingerprint density at radius 2 is 0.282 bits per heavy atom. The summed E-state index contributed by atoms with van der Waals surface area (Å²) in [6, 6.07) is 14.7. The number of ether oxygens (including phenoxy) is 8. The molecule has 0 saturated carbocycles. The van der Waals surface area contributed by atoms with Crippen LogP contribution in [0.1, 0.15) is 493 Å². The third kappa shape index (κ3) is 34.0. The van der Waals surface area contributed by atoms with Crippen molar-refractivity contribution in [3.05, 3.63) is 93.0 Å². The van der Waals surface area contributed by atoms with E-state index in [9.17, 15) is 0 Å². The lowest BCUT2D eigenvalue weighted by Gasteiger charge is -2.33. The summed E-state index contributed by atoms with van der Waals surface area (Å²) in [5.41, 5.74) is -4.89. The Hall–Kier alpha value is -7.36. The van der Waals surface area contributed by atoms with E-state index in [1.165, 1.54) is 0 Å². The van der Waals surface area contributed by atoms with Gasteiger partial charge in [0.15, 0.2) is 0 Å². The van der Waals surface area contributed by atoms with Crippen molar-refractivity contribution in [1.29, 1.82) is 0 Å². The maximum atomic E-state index is 15.4. The first-order chi connectivity index (χ1) is 57.8. The van der Waals surface area contributed by atoms with Crippen LogP contribution in [0.25, 0.3) is 0 Å². The van der Waals surface area contributed by atoms with E-state index in [0.29, 0.717) is 95.9 Å². The van der Waals surface area contributed by atoms with Crippen LogP contribution >= 0.6 is 0 Å². The molecule has 0 N–H and O–H groups in total. The molecule has 0 amide bonds. The van der Waals surface area contributed by atoms with E-state index < -0.39 is 115 Å². The molecule has 8 bridgehead atoms. The molecule has 0 atom stereocenters. The second-order valence-corrected chi connectivity index (χ2v) is 44.1. The van der Waals surface area contributed by atoms with E-state index in [2.05, 4.69) is 27.7 Å². The van der Waals surface area contributed by atoms with Crippen molar-refractivity contribution < 1.29 is 76.3 Å². The molecule has 1 aliphatic rings. The molecule has 16 heteroatoms. The molecule has 0 saturated heterocycles. The molecule has 124 heavy (non-hydrogen) atoms. The van der Waals surface area contributed by atoms with E-state index in [0.717, 1.165) is 180 Å². The number of carbonyl (C=O) groups is 8. The number of fused-ring (bicyclic) bond motifs is 8. The number of esters is 8. The quantitative estimate of drug-likeness (QED) is 0.0229. The van der Waals surface area contributed by atoms with Crippen molar-refractivity contribution in [2.75, 3.05) is 0 Å². The van der Waals surface area contributed by atoms with Gasteiger partial charge in [-0.2, -0.15) is 0 Å². The van der Waals surface area contributed by atoms with Gasteiger partial charge >= 0.3 is 47.8 Å². The molecular weight excluding hydrogens is 1550 g/mol. The maximum Gasteiger partial charge on any atom is 0.316 e. The first kappa shape index (κ1) is 107. The van der Waals surface area contributed by atoms with E-state index in [1.54, 1.807) is 190 Å². The van der Waals surface area contributed by atoms with Crippen molar-refractivity contribution in [1.82, 2.24) is 0 Å². The predicted octanol–water partition coefficient (Wildman–Crippen LogP) is 30.3. The van der Waals surface area contributed by atoms with Gasteiger partial charge in [0.25, 0.3) is 0 Å². The number of hydrogen-bond acceptors (Lipinski definition) is 16. The van der Waals surface area contributed by atoms with Crippen molar-refractivity contribution in [2.45, 2.75) is 449 Å². The summed E-state index contributed by atoms with van der Waals surface area (Å²) in [5, 5.41) is 0. The van der Waals surface area contributed by atoms with E-state index in [-0.39, 0.29) is 46.0 Å². The number of unbranched alkanes of at least 4 members (excludes halogenated alkanes) is 28. The predicted molar refractivity (Wildman–Crippen MR) is 503 cm³/mol. The molecule has 5 rings (SSSR count). The molecule has 0 spiro atoms. The molecule has 4 aromatic rings. The zero-order valence-corrected chi connectivity index (χ0v) is 82.9. The Morgan fingerprint density at radius 3 is 0.387 bits per heavy atom. The lowest BCUT2D eigenvalue weighted by molar-refractivity contribution is -0.144. The van der Waals surface area contributed by atoms with Gasteiger partial charge in [0.2, 0.25) is 0 Å². The molecule has 696 valence electrons. The number of hydrogen-bond donors (Lipinski definition) is 0. The summed E-state index contributed by atoms with van der Waals surface area (Å²) >= 11 is 0. The number of benzene rings is 4. The molecular formula is C108H168O16. The molecule has 0 unspecified atom stereocenters. The smallest absolute Gasteiger partial charge is 0.316 e. The lowest BCUT2D eigenvalue weighted by Crippen LogP contribution is -2.29. The highest BCUT2D eigenvalue weighted by Crippen LogP contribution is 2.56. The Morgan fingerprint density at radius 1 is 0.177 bits per heavy atom. The minimum atomic E-state index is -1.10. The van der Waals surface area contributed by atoms with Crippen LogP contribution < -0.4 is 37.9 Å². The zero-order chi connectivity index (χ0) is 92.9. The summed E-state index contributed by atoms with van der Waals surface area (Å²) in [5.74, 6) is -7.47. The van der Waals surface area contributed by atoms with Crippen LogP contribution in [-0.2, 0) is 38.4 Å². The first-order valence-corrected chi connectivity index (χ1v) is 48.3. The summed E-state index contributed by atoms with van der Waals surface area (Å²) in [4.78, 5) is 123. The van der Waals surface area contributed by atoms with Gasteiger partial charge in [-0.25, -0.2) is 0 Å². The third-order valence-electron chi connectivity index (χ3n) is 23.5. The molecule has 0 radical (unpaired) electrons. The summed E-state index contributed by atoms with van der Waals surface area (Å²) < 4.78 is 55.9. The molecule has 16 nitrogen and oxygen atoms in total. The minimum Gasteiger partial charge on any atom is -0.426 e. The zero-order valence-electron chi connectivity index (χ0n) is 82.9. The van der Waals surface area contributed by atoms with Crippen molar-refractivity contribution in [3.8, 4) is 46.0 Å². The van der Waals surface area contributed by atoms with Crippen LogP contribution in [0.4, 0.5) is 0 Å². The van der Waals surface area contributed by atoms with Gasteiger partial charge in [-0.3, -0.25) is 38.4 Å². The first-order valence-electron chi connectivity index (χ1n) is 48.3. The Kier molecular flexibility index (Phi) is 42.1. The molecule has 4 aromatic carbocycles. The summed E-state index contributed by atoms with van der Waals surface area (Å²) in [7, 11) is 0. The van der Waals surface area contributed by atoms with Crippen LogP contribution in [0.5, 0.6) is 46.0 Å². The van der Waals surface area contributed by atoms with Gasteiger partial charge < -0.3 is 37.9 Å². The Balaban J connectivity index is 2.46. The maximum absolute atomic E-state index is 15.4. The second-order valence-electron chi connectivity index (χ2n) is 44.1. The highest BCUT2D eigenvalue weighted by Gasteiger charge is 2.42. The molecule has 1 aliphatic carbocycles. The van der Waals surface area contributed by atoms with E-state index in [1.807, 2.05) is 24.3 Å². The molecule has 0 fully saturated rings. The largest absolute Gasteiger partial charge is 0.426 e. The van der Waals surface area contributed by atoms with Crippen molar-refractivity contribution in [2.24, 2.45) is 43.3 Å². The van der Waals surface area contributed by atoms with Gasteiger partial charge in [-0.1, -0.05) is 233 Å². The van der Waals surface area contributed by atoms with Gasteiger partial charge in [-0.15, -0.1) is 0 Å². The summed E-state index contributed by atoms with van der Waals surface area (Å²) in [6.45, 7) is 51.7. The van der Waals surface area contributed by atoms with Crippen LogP contribution in [-0.4, -0.2) is 47.8 Å². The van der Waals surface area contributed by atoms with Gasteiger partial charge in [0, 0.05) is 92.4 Å².